The van der Waals surface area contributed by atoms with E-state index in [9.17, 15) is 4.79 Å². The predicted molar refractivity (Wildman–Crippen MR) is 80.2 cm³/mol. The number of ketones is 1. The monoisotopic (exact) mass is 265 g/mol. The van der Waals surface area contributed by atoms with Crippen LogP contribution >= 0.6 is 0 Å². The lowest BCUT2D eigenvalue weighted by atomic mass is 9.99. The summed E-state index contributed by atoms with van der Waals surface area (Å²) in [4.78, 5) is 16.8. The van der Waals surface area contributed by atoms with E-state index in [1.165, 1.54) is 24.0 Å². The van der Waals surface area contributed by atoms with Crippen molar-refractivity contribution in [3.8, 4) is 0 Å². The van der Waals surface area contributed by atoms with E-state index in [0.717, 1.165) is 28.9 Å². The van der Waals surface area contributed by atoms with Gasteiger partial charge in [0.2, 0.25) is 0 Å². The summed E-state index contributed by atoms with van der Waals surface area (Å²) >= 11 is 0. The molecule has 1 aliphatic carbocycles. The molecule has 0 unspecified atom stereocenters. The standard InChI is InChI=1S/C18H19NO/c1-12-6-9-17(13(2)19-12)18(20)11-14-7-8-15-4-3-5-16(15)10-14/h6-10H,3-5,11H2,1-2H3. The summed E-state index contributed by atoms with van der Waals surface area (Å²) in [5, 5.41) is 0. The summed E-state index contributed by atoms with van der Waals surface area (Å²) in [5.74, 6) is 0.160. The maximum atomic E-state index is 12.4. The summed E-state index contributed by atoms with van der Waals surface area (Å²) < 4.78 is 0. The van der Waals surface area contributed by atoms with Gasteiger partial charge in [0.1, 0.15) is 0 Å². The molecular weight excluding hydrogens is 246 g/mol. The Bertz CT molecular complexity index is 673. The molecule has 0 aliphatic heterocycles. The smallest absolute Gasteiger partial charge is 0.169 e. The van der Waals surface area contributed by atoms with Crippen LogP contribution in [-0.2, 0) is 19.3 Å². The largest absolute Gasteiger partial charge is 0.294 e. The molecule has 0 spiro atoms. The van der Waals surface area contributed by atoms with E-state index < -0.39 is 0 Å². The van der Waals surface area contributed by atoms with Gasteiger partial charge in [0.15, 0.2) is 5.78 Å². The van der Waals surface area contributed by atoms with Gasteiger partial charge in [0, 0.05) is 23.4 Å². The summed E-state index contributed by atoms with van der Waals surface area (Å²) in [6.07, 6.45) is 4.06. The van der Waals surface area contributed by atoms with Crippen LogP contribution in [0.25, 0.3) is 0 Å². The molecule has 0 radical (unpaired) electrons. The highest BCUT2D eigenvalue weighted by atomic mass is 16.1. The quantitative estimate of drug-likeness (QED) is 0.793. The Labute approximate surface area is 119 Å². The molecule has 0 fully saturated rings. The second-order valence-corrected chi connectivity index (χ2v) is 5.64. The number of pyridine rings is 1. The van der Waals surface area contributed by atoms with Crippen LogP contribution in [0.4, 0.5) is 0 Å². The molecule has 0 atom stereocenters. The Balaban J connectivity index is 1.82. The van der Waals surface area contributed by atoms with Gasteiger partial charge < -0.3 is 0 Å². The van der Waals surface area contributed by atoms with E-state index in [0.29, 0.717) is 6.42 Å². The third-order valence-corrected chi connectivity index (χ3v) is 4.05. The number of rotatable bonds is 3. The average molecular weight is 265 g/mol. The van der Waals surface area contributed by atoms with Gasteiger partial charge in [0.25, 0.3) is 0 Å². The number of benzene rings is 1. The van der Waals surface area contributed by atoms with Crippen molar-refractivity contribution in [2.75, 3.05) is 0 Å². The molecule has 1 aromatic heterocycles. The fourth-order valence-corrected chi connectivity index (χ4v) is 3.00. The molecule has 2 aromatic rings. The van der Waals surface area contributed by atoms with Crippen molar-refractivity contribution in [2.24, 2.45) is 0 Å². The van der Waals surface area contributed by atoms with Crippen molar-refractivity contribution < 1.29 is 4.79 Å². The van der Waals surface area contributed by atoms with E-state index in [4.69, 9.17) is 0 Å². The van der Waals surface area contributed by atoms with Gasteiger partial charge in [-0.1, -0.05) is 18.2 Å². The molecule has 0 saturated heterocycles. The number of carbonyl (C=O) groups excluding carboxylic acids is 1. The number of aromatic nitrogens is 1. The van der Waals surface area contributed by atoms with Crippen LogP contribution in [0, 0.1) is 13.8 Å². The summed E-state index contributed by atoms with van der Waals surface area (Å²) in [6, 6.07) is 10.3. The van der Waals surface area contributed by atoms with Crippen molar-refractivity contribution in [1.82, 2.24) is 4.98 Å². The van der Waals surface area contributed by atoms with Gasteiger partial charge in [0.05, 0.1) is 0 Å². The van der Waals surface area contributed by atoms with Gasteiger partial charge in [-0.25, -0.2) is 0 Å². The van der Waals surface area contributed by atoms with Crippen LogP contribution in [0.15, 0.2) is 30.3 Å². The number of hydrogen-bond acceptors (Lipinski definition) is 2. The first-order valence-electron chi connectivity index (χ1n) is 7.21. The maximum absolute atomic E-state index is 12.4. The molecule has 2 nitrogen and oxygen atoms in total. The number of carbonyl (C=O) groups is 1. The third kappa shape index (κ3) is 2.51. The zero-order chi connectivity index (χ0) is 14.1. The maximum Gasteiger partial charge on any atom is 0.169 e. The molecule has 0 saturated carbocycles. The Morgan fingerprint density at radius 1 is 1.10 bits per heavy atom. The summed E-state index contributed by atoms with van der Waals surface area (Å²) in [7, 11) is 0. The van der Waals surface area contributed by atoms with Crippen molar-refractivity contribution >= 4 is 5.78 Å². The van der Waals surface area contributed by atoms with Crippen molar-refractivity contribution in [1.29, 1.82) is 0 Å². The molecule has 0 amide bonds. The molecule has 1 aliphatic rings. The first kappa shape index (κ1) is 13.0. The minimum absolute atomic E-state index is 0.160. The van der Waals surface area contributed by atoms with Crippen LogP contribution in [0.5, 0.6) is 0 Å². The number of aryl methyl sites for hydroxylation is 4. The predicted octanol–water partition coefficient (Wildman–Crippen LogP) is 3.61. The zero-order valence-corrected chi connectivity index (χ0v) is 12.1. The lowest BCUT2D eigenvalue weighted by molar-refractivity contribution is 0.0992. The molecule has 0 bridgehead atoms. The number of hydrogen-bond donors (Lipinski definition) is 0. The molecule has 3 rings (SSSR count). The second-order valence-electron chi connectivity index (χ2n) is 5.64. The molecule has 1 heterocycles. The van der Waals surface area contributed by atoms with Crippen LogP contribution in [0.1, 0.15) is 44.9 Å². The van der Waals surface area contributed by atoms with Gasteiger partial charge in [-0.15, -0.1) is 0 Å². The SMILES string of the molecule is Cc1ccc(C(=O)Cc2ccc3c(c2)CCC3)c(C)n1. The highest BCUT2D eigenvalue weighted by Crippen LogP contribution is 2.23. The lowest BCUT2D eigenvalue weighted by Gasteiger charge is -2.07. The van der Waals surface area contributed by atoms with E-state index in [-0.39, 0.29) is 5.78 Å². The number of Topliss-reactive ketones (excluding diaryl/α,β-unsaturated/α-hetero) is 1. The third-order valence-electron chi connectivity index (χ3n) is 4.05. The number of nitrogens with zero attached hydrogens (tertiary/aromatic N) is 1. The molecular formula is C18H19NO. The van der Waals surface area contributed by atoms with Crippen LogP contribution in [0.2, 0.25) is 0 Å². The van der Waals surface area contributed by atoms with Crippen molar-refractivity contribution in [3.63, 3.8) is 0 Å². The Kier molecular flexibility index (Phi) is 3.39. The van der Waals surface area contributed by atoms with E-state index in [1.807, 2.05) is 26.0 Å². The van der Waals surface area contributed by atoms with Crippen molar-refractivity contribution in [3.05, 3.63) is 64.0 Å². The highest BCUT2D eigenvalue weighted by Gasteiger charge is 2.14. The second kappa shape index (κ2) is 5.20. The molecule has 102 valence electrons. The summed E-state index contributed by atoms with van der Waals surface area (Å²) in [5.41, 5.74) is 6.53. The molecule has 20 heavy (non-hydrogen) atoms. The Hall–Kier alpha value is -1.96. The fourth-order valence-electron chi connectivity index (χ4n) is 3.00. The van der Waals surface area contributed by atoms with Crippen LogP contribution < -0.4 is 0 Å². The first-order valence-corrected chi connectivity index (χ1v) is 7.21. The normalized spacial score (nSPS) is 13.3. The summed E-state index contributed by atoms with van der Waals surface area (Å²) in [6.45, 7) is 3.85. The molecule has 2 heteroatoms. The topological polar surface area (TPSA) is 30.0 Å². The van der Waals surface area contributed by atoms with Gasteiger partial charge in [-0.05, 0) is 61.9 Å². The van der Waals surface area contributed by atoms with Crippen LogP contribution in [-0.4, -0.2) is 10.8 Å². The van der Waals surface area contributed by atoms with E-state index in [2.05, 4.69) is 23.2 Å². The van der Waals surface area contributed by atoms with Gasteiger partial charge in [-0.2, -0.15) is 0 Å². The highest BCUT2D eigenvalue weighted by molar-refractivity contribution is 5.98. The fraction of sp³-hybridized carbons (Fsp3) is 0.333. The Morgan fingerprint density at radius 2 is 1.90 bits per heavy atom. The van der Waals surface area contributed by atoms with E-state index >= 15 is 0 Å². The zero-order valence-electron chi connectivity index (χ0n) is 12.1. The molecule has 1 aromatic carbocycles. The lowest BCUT2D eigenvalue weighted by Crippen LogP contribution is -2.07. The van der Waals surface area contributed by atoms with Gasteiger partial charge >= 0.3 is 0 Å². The molecule has 0 N–H and O–H groups in total. The van der Waals surface area contributed by atoms with Crippen LogP contribution in [0.3, 0.4) is 0 Å². The number of fused-ring (bicyclic) bond motifs is 1. The first-order chi connectivity index (χ1) is 9.63. The average Bonchev–Trinajstić information content (AvgIpc) is 2.85. The minimum atomic E-state index is 0.160. The van der Waals surface area contributed by atoms with Crippen molar-refractivity contribution in [2.45, 2.75) is 39.5 Å². The van der Waals surface area contributed by atoms with Gasteiger partial charge in [-0.3, -0.25) is 9.78 Å². The van der Waals surface area contributed by atoms with E-state index in [1.54, 1.807) is 0 Å². The Morgan fingerprint density at radius 3 is 2.70 bits per heavy atom. The minimum Gasteiger partial charge on any atom is -0.294 e.